The van der Waals surface area contributed by atoms with Crippen LogP contribution in [0.4, 0.5) is 0 Å². The first-order chi connectivity index (χ1) is 9.72. The van der Waals surface area contributed by atoms with Gasteiger partial charge in [0.2, 0.25) is 0 Å². The molecule has 0 bridgehead atoms. The van der Waals surface area contributed by atoms with Gasteiger partial charge in [-0.3, -0.25) is 9.78 Å². The van der Waals surface area contributed by atoms with E-state index < -0.39 is 0 Å². The van der Waals surface area contributed by atoms with Crippen molar-refractivity contribution >= 4 is 16.8 Å². The van der Waals surface area contributed by atoms with Gasteiger partial charge in [0.05, 0.1) is 17.7 Å². The number of nitrogens with zero attached hydrogens (tertiary/aromatic N) is 2. The highest BCUT2D eigenvalue weighted by Gasteiger charge is 2.25. The number of benzene rings is 1. The van der Waals surface area contributed by atoms with Crippen LogP contribution in [0.2, 0.25) is 0 Å². The van der Waals surface area contributed by atoms with Crippen LogP contribution < -0.4 is 0 Å². The van der Waals surface area contributed by atoms with Crippen LogP contribution in [-0.2, 0) is 12.8 Å². The smallest absolute Gasteiger partial charge is 0.254 e. The molecule has 0 saturated heterocycles. The van der Waals surface area contributed by atoms with Gasteiger partial charge in [-0.2, -0.15) is 0 Å². The van der Waals surface area contributed by atoms with E-state index in [9.17, 15) is 4.79 Å². The Morgan fingerprint density at radius 2 is 2.15 bits per heavy atom. The monoisotopic (exact) mass is 270 g/mol. The molecule has 1 aliphatic carbocycles. The number of rotatable bonds is 3. The molecule has 0 aliphatic heterocycles. The van der Waals surface area contributed by atoms with Crippen LogP contribution >= 0.6 is 0 Å². The summed E-state index contributed by atoms with van der Waals surface area (Å²) in [4.78, 5) is 19.0. The normalized spacial score (nSPS) is 13.5. The van der Waals surface area contributed by atoms with E-state index in [1.165, 1.54) is 0 Å². The highest BCUT2D eigenvalue weighted by molar-refractivity contribution is 6.07. The average molecular weight is 270 g/mol. The molecule has 0 radical (unpaired) electrons. The molecule has 0 atom stereocenters. The molecule has 1 aromatic heterocycles. The number of hydrogen-bond donors (Lipinski definition) is 1. The van der Waals surface area contributed by atoms with Gasteiger partial charge in [0.1, 0.15) is 0 Å². The van der Waals surface area contributed by atoms with Crippen molar-refractivity contribution in [3.63, 3.8) is 0 Å². The zero-order chi connectivity index (χ0) is 14.1. The molecule has 4 nitrogen and oxygen atoms in total. The van der Waals surface area contributed by atoms with Gasteiger partial charge >= 0.3 is 0 Å². The zero-order valence-corrected chi connectivity index (χ0v) is 11.6. The van der Waals surface area contributed by atoms with Gasteiger partial charge < -0.3 is 10.0 Å². The summed E-state index contributed by atoms with van der Waals surface area (Å²) < 4.78 is 0. The van der Waals surface area contributed by atoms with Crippen molar-refractivity contribution in [3.8, 4) is 0 Å². The van der Waals surface area contributed by atoms with E-state index in [1.54, 1.807) is 11.9 Å². The van der Waals surface area contributed by atoms with Crippen molar-refractivity contribution in [1.82, 2.24) is 9.88 Å². The van der Waals surface area contributed by atoms with Gasteiger partial charge in [-0.05, 0) is 30.9 Å². The average Bonchev–Trinajstić information content (AvgIpc) is 2.92. The number of amides is 1. The van der Waals surface area contributed by atoms with Crippen molar-refractivity contribution in [1.29, 1.82) is 0 Å². The number of aliphatic hydroxyl groups is 1. The van der Waals surface area contributed by atoms with Gasteiger partial charge in [-0.15, -0.1) is 0 Å². The molecule has 4 heteroatoms. The highest BCUT2D eigenvalue weighted by Crippen LogP contribution is 2.30. The zero-order valence-electron chi connectivity index (χ0n) is 11.6. The molecule has 1 N–H and O–H groups in total. The molecule has 0 unspecified atom stereocenters. The van der Waals surface area contributed by atoms with E-state index in [0.717, 1.165) is 47.0 Å². The molecule has 104 valence electrons. The fourth-order valence-corrected chi connectivity index (χ4v) is 2.90. The molecule has 1 aliphatic rings. The Hall–Kier alpha value is -1.94. The second kappa shape index (κ2) is 5.21. The third-order valence-corrected chi connectivity index (χ3v) is 3.92. The van der Waals surface area contributed by atoms with Crippen molar-refractivity contribution < 1.29 is 9.90 Å². The summed E-state index contributed by atoms with van der Waals surface area (Å²) in [7, 11) is 1.73. The fraction of sp³-hybridized carbons (Fsp3) is 0.375. The summed E-state index contributed by atoms with van der Waals surface area (Å²) in [6.07, 6.45) is 2.92. The highest BCUT2D eigenvalue weighted by atomic mass is 16.3. The maximum atomic E-state index is 12.7. The molecule has 0 saturated carbocycles. The quantitative estimate of drug-likeness (QED) is 0.925. The number of hydrogen-bond acceptors (Lipinski definition) is 3. The topological polar surface area (TPSA) is 53.4 Å². The van der Waals surface area contributed by atoms with Crippen LogP contribution in [0.15, 0.2) is 24.3 Å². The molecule has 0 fully saturated rings. The Balaban J connectivity index is 2.20. The van der Waals surface area contributed by atoms with Crippen LogP contribution in [0.25, 0.3) is 10.9 Å². The molecule has 3 rings (SSSR count). The maximum Gasteiger partial charge on any atom is 0.254 e. The molecule has 1 heterocycles. The molecule has 1 amide bonds. The standard InChI is InChI=1S/C16H18N2O2/c1-18(9-10-19)16(20)15-11-5-2-3-7-13(11)17-14-8-4-6-12(14)15/h2-3,5,7,19H,4,6,8-10H2,1H3. The maximum absolute atomic E-state index is 12.7. The Labute approximate surface area is 118 Å². The number of fused-ring (bicyclic) bond motifs is 2. The number of aromatic nitrogens is 1. The fourth-order valence-electron chi connectivity index (χ4n) is 2.90. The molecular weight excluding hydrogens is 252 g/mol. The number of aryl methyl sites for hydroxylation is 1. The second-order valence-electron chi connectivity index (χ2n) is 5.23. The van der Waals surface area contributed by atoms with Gasteiger partial charge in [0, 0.05) is 24.7 Å². The molecule has 2 aromatic rings. The van der Waals surface area contributed by atoms with Crippen molar-refractivity contribution in [2.75, 3.05) is 20.2 Å². The first kappa shape index (κ1) is 13.1. The van der Waals surface area contributed by atoms with Crippen molar-refractivity contribution in [2.45, 2.75) is 19.3 Å². The van der Waals surface area contributed by atoms with Gasteiger partial charge in [-0.1, -0.05) is 18.2 Å². The summed E-state index contributed by atoms with van der Waals surface area (Å²) in [5.74, 6) is -0.0178. The van der Waals surface area contributed by atoms with E-state index in [4.69, 9.17) is 5.11 Å². The number of aliphatic hydroxyl groups excluding tert-OH is 1. The van der Waals surface area contributed by atoms with Gasteiger partial charge in [0.25, 0.3) is 5.91 Å². The lowest BCUT2D eigenvalue weighted by molar-refractivity contribution is 0.0768. The molecular formula is C16H18N2O2. The van der Waals surface area contributed by atoms with Crippen molar-refractivity contribution in [2.24, 2.45) is 0 Å². The third kappa shape index (κ3) is 2.06. The van der Waals surface area contributed by atoms with Crippen LogP contribution in [0.1, 0.15) is 28.0 Å². The number of carbonyl (C=O) groups excluding carboxylic acids is 1. The Morgan fingerprint density at radius 3 is 2.95 bits per heavy atom. The molecule has 1 aromatic carbocycles. The number of pyridine rings is 1. The molecule has 0 spiro atoms. The minimum atomic E-state index is -0.0204. The minimum absolute atomic E-state index is 0.0178. The van der Waals surface area contributed by atoms with Gasteiger partial charge in [0.15, 0.2) is 0 Å². The number of carbonyl (C=O) groups is 1. The SMILES string of the molecule is CN(CCO)C(=O)c1c2c(nc3ccccc13)CCC2. The van der Waals surface area contributed by atoms with E-state index in [1.807, 2.05) is 24.3 Å². The Kier molecular flexibility index (Phi) is 3.40. The van der Waals surface area contributed by atoms with Crippen LogP contribution in [0.3, 0.4) is 0 Å². The lowest BCUT2D eigenvalue weighted by Gasteiger charge is -2.19. The van der Waals surface area contributed by atoms with Gasteiger partial charge in [-0.25, -0.2) is 0 Å². The first-order valence-corrected chi connectivity index (χ1v) is 6.99. The van der Waals surface area contributed by atoms with E-state index in [0.29, 0.717) is 6.54 Å². The van der Waals surface area contributed by atoms with E-state index in [2.05, 4.69) is 4.98 Å². The molecule has 20 heavy (non-hydrogen) atoms. The number of para-hydroxylation sites is 1. The number of likely N-dealkylation sites (N-methyl/N-ethyl adjacent to an activating group) is 1. The summed E-state index contributed by atoms with van der Waals surface area (Å²) in [6.45, 7) is 0.331. The largest absolute Gasteiger partial charge is 0.395 e. The first-order valence-electron chi connectivity index (χ1n) is 6.99. The van der Waals surface area contributed by atoms with E-state index >= 15 is 0 Å². The third-order valence-electron chi connectivity index (χ3n) is 3.92. The Morgan fingerprint density at radius 1 is 1.35 bits per heavy atom. The lowest BCUT2D eigenvalue weighted by Crippen LogP contribution is -2.30. The predicted octanol–water partition coefficient (Wildman–Crippen LogP) is 1.79. The lowest BCUT2D eigenvalue weighted by atomic mass is 10.00. The van der Waals surface area contributed by atoms with Crippen LogP contribution in [-0.4, -0.2) is 41.1 Å². The van der Waals surface area contributed by atoms with E-state index in [-0.39, 0.29) is 12.5 Å². The summed E-state index contributed by atoms with van der Waals surface area (Å²) in [6, 6.07) is 7.80. The second-order valence-corrected chi connectivity index (χ2v) is 5.23. The van der Waals surface area contributed by atoms with Crippen LogP contribution in [0, 0.1) is 0 Å². The predicted molar refractivity (Wildman–Crippen MR) is 77.8 cm³/mol. The summed E-state index contributed by atoms with van der Waals surface area (Å²) in [5, 5.41) is 9.95. The summed E-state index contributed by atoms with van der Waals surface area (Å²) in [5.41, 5.74) is 3.82. The Bertz CT molecular complexity index is 667. The van der Waals surface area contributed by atoms with Crippen molar-refractivity contribution in [3.05, 3.63) is 41.1 Å². The minimum Gasteiger partial charge on any atom is -0.395 e. The summed E-state index contributed by atoms with van der Waals surface area (Å²) >= 11 is 0. The van der Waals surface area contributed by atoms with Crippen LogP contribution in [0.5, 0.6) is 0 Å².